The Balaban J connectivity index is 1.57. The van der Waals surface area contributed by atoms with Gasteiger partial charge in [0.25, 0.3) is 11.8 Å². The Morgan fingerprint density at radius 1 is 1.04 bits per heavy atom. The molecule has 0 bridgehead atoms. The molecular formula is C19H17ClN4O2. The van der Waals surface area contributed by atoms with Gasteiger partial charge in [0.2, 0.25) is 0 Å². The number of nitrogens with zero attached hydrogens (tertiary/aromatic N) is 4. The summed E-state index contributed by atoms with van der Waals surface area (Å²) in [5, 5.41) is 10.2. The van der Waals surface area contributed by atoms with Gasteiger partial charge in [0.05, 0.1) is 12.2 Å². The van der Waals surface area contributed by atoms with E-state index in [0.717, 1.165) is 16.9 Å². The maximum absolute atomic E-state index is 12.9. The predicted octanol–water partition coefficient (Wildman–Crippen LogP) is 3.40. The number of rotatable bonds is 4. The van der Waals surface area contributed by atoms with Gasteiger partial charge in [-0.05, 0) is 35.7 Å². The molecule has 2 aliphatic rings. The molecule has 2 aromatic rings. The molecule has 4 rings (SSSR count). The molecule has 26 heavy (non-hydrogen) atoms. The van der Waals surface area contributed by atoms with Crippen LogP contribution in [0.25, 0.3) is 0 Å². The summed E-state index contributed by atoms with van der Waals surface area (Å²) in [6, 6.07) is 13.3. The Kier molecular flexibility index (Phi) is 4.20. The molecule has 0 aromatic heterocycles. The summed E-state index contributed by atoms with van der Waals surface area (Å²) in [4.78, 5) is 26.7. The van der Waals surface area contributed by atoms with Gasteiger partial charge in [-0.2, -0.15) is 5.11 Å². The van der Waals surface area contributed by atoms with Gasteiger partial charge in [0.1, 0.15) is 0 Å². The van der Waals surface area contributed by atoms with Crippen molar-refractivity contribution in [2.45, 2.75) is 32.0 Å². The van der Waals surface area contributed by atoms with Gasteiger partial charge in [-0.15, -0.1) is 0 Å². The van der Waals surface area contributed by atoms with Crippen molar-refractivity contribution in [2.24, 2.45) is 10.3 Å². The highest BCUT2D eigenvalue weighted by molar-refractivity contribution is 6.31. The van der Waals surface area contributed by atoms with Crippen molar-refractivity contribution in [3.8, 4) is 0 Å². The minimum atomic E-state index is -0.795. The fourth-order valence-electron chi connectivity index (χ4n) is 3.29. The lowest BCUT2D eigenvalue weighted by Gasteiger charge is -2.20. The number of carbonyl (C=O) groups excluding carboxylic acids is 2. The van der Waals surface area contributed by atoms with Crippen molar-refractivity contribution in [1.82, 2.24) is 5.01 Å². The van der Waals surface area contributed by atoms with Crippen LogP contribution in [0.3, 0.4) is 0 Å². The molecular weight excluding hydrogens is 352 g/mol. The van der Waals surface area contributed by atoms with Gasteiger partial charge in [-0.3, -0.25) is 14.6 Å². The number of carbonyl (C=O) groups is 2. The molecule has 0 N–H and O–H groups in total. The van der Waals surface area contributed by atoms with Crippen molar-refractivity contribution < 1.29 is 9.59 Å². The highest BCUT2D eigenvalue weighted by Gasteiger charge is 2.54. The predicted molar refractivity (Wildman–Crippen MR) is 97.7 cm³/mol. The van der Waals surface area contributed by atoms with Gasteiger partial charge in [0.15, 0.2) is 12.1 Å². The third-order valence-electron chi connectivity index (χ3n) is 4.70. The quantitative estimate of drug-likeness (QED) is 0.777. The van der Waals surface area contributed by atoms with Crippen LogP contribution in [0.15, 0.2) is 58.9 Å². The van der Waals surface area contributed by atoms with E-state index in [0.29, 0.717) is 17.3 Å². The summed E-state index contributed by atoms with van der Waals surface area (Å²) >= 11 is 6.00. The zero-order valence-electron chi connectivity index (χ0n) is 14.2. The maximum atomic E-state index is 12.9. The average Bonchev–Trinajstić information content (AvgIpc) is 3.16. The highest BCUT2D eigenvalue weighted by Crippen LogP contribution is 2.33. The van der Waals surface area contributed by atoms with E-state index in [2.05, 4.69) is 29.4 Å². The van der Waals surface area contributed by atoms with E-state index in [1.165, 1.54) is 5.56 Å². The Bertz CT molecular complexity index is 897. The first-order valence-corrected chi connectivity index (χ1v) is 8.85. The molecule has 0 spiro atoms. The summed E-state index contributed by atoms with van der Waals surface area (Å²) in [5.74, 6) is -0.688. The van der Waals surface area contributed by atoms with E-state index < -0.39 is 12.1 Å². The second-order valence-corrected chi connectivity index (χ2v) is 6.79. The molecule has 2 aliphatic heterocycles. The standard InChI is InChI=1S/C19H17ClN4O2/c1-2-12-6-8-13(9-7-12)11-23-17-16(21-22-23)18(25)24(19(17)26)15-5-3-4-14(20)10-15/h3-10,16-17H,2,11H2,1H3/t16-,17+/m1/s1. The number of aryl methyl sites for hydroxylation is 1. The first kappa shape index (κ1) is 16.7. The summed E-state index contributed by atoms with van der Waals surface area (Å²) < 4.78 is 0. The summed E-state index contributed by atoms with van der Waals surface area (Å²) in [7, 11) is 0. The topological polar surface area (TPSA) is 65.3 Å². The maximum Gasteiger partial charge on any atom is 0.263 e. The zero-order chi connectivity index (χ0) is 18.3. The molecule has 2 amide bonds. The van der Waals surface area contributed by atoms with Crippen LogP contribution in [-0.2, 0) is 22.6 Å². The molecule has 2 heterocycles. The van der Waals surface area contributed by atoms with E-state index >= 15 is 0 Å². The van der Waals surface area contributed by atoms with Crippen LogP contribution < -0.4 is 4.90 Å². The van der Waals surface area contributed by atoms with Crippen LogP contribution in [0, 0.1) is 0 Å². The van der Waals surface area contributed by atoms with Crippen molar-refractivity contribution in [3.63, 3.8) is 0 Å². The largest absolute Gasteiger partial charge is 0.271 e. The number of hydrogen-bond acceptors (Lipinski definition) is 5. The molecule has 6 nitrogen and oxygen atoms in total. The van der Waals surface area contributed by atoms with E-state index in [-0.39, 0.29) is 11.8 Å². The van der Waals surface area contributed by atoms with E-state index in [1.807, 2.05) is 12.1 Å². The van der Waals surface area contributed by atoms with Crippen LogP contribution in [-0.4, -0.2) is 28.9 Å². The lowest BCUT2D eigenvalue weighted by atomic mass is 10.1. The molecule has 1 fully saturated rings. The van der Waals surface area contributed by atoms with Crippen molar-refractivity contribution in [1.29, 1.82) is 0 Å². The molecule has 0 aliphatic carbocycles. The van der Waals surface area contributed by atoms with Crippen molar-refractivity contribution in [2.75, 3.05) is 4.90 Å². The second kappa shape index (κ2) is 6.53. The third-order valence-corrected chi connectivity index (χ3v) is 4.94. The smallest absolute Gasteiger partial charge is 0.263 e. The Labute approximate surface area is 156 Å². The Hall–Kier alpha value is -2.73. The molecule has 132 valence electrons. The monoisotopic (exact) mass is 368 g/mol. The minimum Gasteiger partial charge on any atom is -0.271 e. The van der Waals surface area contributed by atoms with Gasteiger partial charge in [-0.25, -0.2) is 4.90 Å². The first-order valence-electron chi connectivity index (χ1n) is 8.47. The van der Waals surface area contributed by atoms with Crippen LogP contribution in [0.1, 0.15) is 18.1 Å². The number of hydrogen-bond donors (Lipinski definition) is 0. The van der Waals surface area contributed by atoms with Gasteiger partial charge in [-0.1, -0.05) is 54.1 Å². The van der Waals surface area contributed by atoms with E-state index in [1.54, 1.807) is 29.3 Å². The lowest BCUT2D eigenvalue weighted by Crippen LogP contribution is -2.39. The fraction of sp³-hybridized carbons (Fsp3) is 0.263. The van der Waals surface area contributed by atoms with E-state index in [9.17, 15) is 9.59 Å². The van der Waals surface area contributed by atoms with E-state index in [4.69, 9.17) is 11.6 Å². The fourth-order valence-corrected chi connectivity index (χ4v) is 3.48. The van der Waals surface area contributed by atoms with Crippen LogP contribution in [0.2, 0.25) is 5.02 Å². The van der Waals surface area contributed by atoms with Gasteiger partial charge in [0, 0.05) is 5.02 Å². The molecule has 0 radical (unpaired) electrons. The molecule has 0 saturated carbocycles. The number of fused-ring (bicyclic) bond motifs is 1. The Morgan fingerprint density at radius 3 is 2.46 bits per heavy atom. The average molecular weight is 369 g/mol. The molecule has 2 atom stereocenters. The van der Waals surface area contributed by atoms with Crippen LogP contribution in [0.4, 0.5) is 5.69 Å². The van der Waals surface area contributed by atoms with Crippen molar-refractivity contribution >= 4 is 29.1 Å². The second-order valence-electron chi connectivity index (χ2n) is 6.35. The molecule has 7 heteroatoms. The van der Waals surface area contributed by atoms with Crippen LogP contribution >= 0.6 is 11.6 Å². The number of benzene rings is 2. The molecule has 0 unspecified atom stereocenters. The first-order chi connectivity index (χ1) is 12.6. The van der Waals surface area contributed by atoms with Crippen LogP contribution in [0.5, 0.6) is 0 Å². The van der Waals surface area contributed by atoms with Gasteiger partial charge >= 0.3 is 0 Å². The number of imide groups is 1. The molecule has 1 saturated heterocycles. The normalized spacial score (nSPS) is 21.6. The number of amides is 2. The number of halogens is 1. The van der Waals surface area contributed by atoms with Crippen molar-refractivity contribution in [3.05, 3.63) is 64.7 Å². The summed E-state index contributed by atoms with van der Waals surface area (Å²) in [6.45, 7) is 2.53. The zero-order valence-corrected chi connectivity index (χ0v) is 14.9. The Morgan fingerprint density at radius 2 is 1.77 bits per heavy atom. The third kappa shape index (κ3) is 2.76. The highest BCUT2D eigenvalue weighted by atomic mass is 35.5. The SMILES string of the molecule is CCc1ccc(CN2N=N[C@H]3C(=O)N(c4cccc(Cl)c4)C(=O)[C@H]32)cc1. The summed E-state index contributed by atoms with van der Waals surface area (Å²) in [5.41, 5.74) is 2.72. The van der Waals surface area contributed by atoms with Gasteiger partial charge < -0.3 is 0 Å². The lowest BCUT2D eigenvalue weighted by molar-refractivity contribution is -0.123. The summed E-state index contributed by atoms with van der Waals surface area (Å²) in [6.07, 6.45) is 0.968. The minimum absolute atomic E-state index is 0.322. The molecule has 2 aromatic carbocycles. The number of anilines is 1.